The lowest BCUT2D eigenvalue weighted by atomic mass is 10.0. The van der Waals surface area contributed by atoms with E-state index in [0.29, 0.717) is 5.56 Å². The van der Waals surface area contributed by atoms with Crippen LogP contribution < -0.4 is 11.5 Å². The first-order valence-corrected chi connectivity index (χ1v) is 5.28. The van der Waals surface area contributed by atoms with E-state index in [4.69, 9.17) is 11.5 Å². The molecule has 0 unspecified atom stereocenters. The Morgan fingerprint density at radius 1 is 1.41 bits per heavy atom. The fraction of sp³-hybridized carbons (Fsp3) is 0.182. The van der Waals surface area contributed by atoms with Gasteiger partial charge in [0, 0.05) is 23.7 Å². The van der Waals surface area contributed by atoms with Gasteiger partial charge in [0.05, 0.1) is 5.56 Å². The molecule has 0 aromatic carbocycles. The summed E-state index contributed by atoms with van der Waals surface area (Å²) in [5.74, 6) is 0.557. The van der Waals surface area contributed by atoms with Crippen molar-refractivity contribution >= 4 is 11.9 Å². The van der Waals surface area contributed by atoms with E-state index in [1.54, 1.807) is 18.5 Å². The zero-order valence-electron chi connectivity index (χ0n) is 9.05. The van der Waals surface area contributed by atoms with Crippen molar-refractivity contribution < 1.29 is 4.79 Å². The lowest BCUT2D eigenvalue weighted by molar-refractivity contribution is 0.0999. The molecule has 0 saturated heterocycles. The topological polar surface area (TPSA) is 99.8 Å². The van der Waals surface area contributed by atoms with E-state index < -0.39 is 5.91 Å². The van der Waals surface area contributed by atoms with Crippen LogP contribution in [0.2, 0.25) is 0 Å². The molecule has 0 spiro atoms. The number of fused-ring (bicyclic) bond motifs is 3. The molecule has 1 aliphatic rings. The van der Waals surface area contributed by atoms with Crippen molar-refractivity contribution in [2.45, 2.75) is 12.8 Å². The number of nitrogen functional groups attached to an aromatic ring is 1. The summed E-state index contributed by atoms with van der Waals surface area (Å²) in [6, 6.07) is 1.71. The number of amides is 1. The van der Waals surface area contributed by atoms with Crippen LogP contribution in [0, 0.1) is 0 Å². The van der Waals surface area contributed by atoms with E-state index >= 15 is 0 Å². The molecule has 0 bridgehead atoms. The van der Waals surface area contributed by atoms with Crippen molar-refractivity contribution in [2.75, 3.05) is 5.73 Å². The highest BCUT2D eigenvalue weighted by Gasteiger charge is 2.22. The molecule has 4 N–H and O–H groups in total. The number of rotatable bonds is 1. The van der Waals surface area contributed by atoms with Crippen LogP contribution in [-0.4, -0.2) is 20.4 Å². The first-order chi connectivity index (χ1) is 8.16. The van der Waals surface area contributed by atoms with Gasteiger partial charge >= 0.3 is 0 Å². The number of aromatic nitrogens is 3. The number of nitrogens with two attached hydrogens (primary N) is 2. The lowest BCUT2D eigenvalue weighted by Gasteiger charge is -2.18. The largest absolute Gasteiger partial charge is 0.368 e. The van der Waals surface area contributed by atoms with Gasteiger partial charge in [0.1, 0.15) is 5.82 Å². The van der Waals surface area contributed by atoms with Crippen LogP contribution >= 0.6 is 0 Å². The Hall–Kier alpha value is -2.37. The van der Waals surface area contributed by atoms with E-state index in [1.165, 1.54) is 0 Å². The number of carbonyl (C=O) groups excluding carboxylic acids is 1. The second kappa shape index (κ2) is 3.31. The predicted octanol–water partition coefficient (Wildman–Crippen LogP) is 0.0470. The highest BCUT2D eigenvalue weighted by atomic mass is 16.1. The minimum absolute atomic E-state index is 0.228. The van der Waals surface area contributed by atoms with Crippen LogP contribution in [0.25, 0.3) is 5.82 Å². The second-order valence-corrected chi connectivity index (χ2v) is 3.99. The van der Waals surface area contributed by atoms with Crippen LogP contribution in [0.3, 0.4) is 0 Å². The molecule has 17 heavy (non-hydrogen) atoms. The van der Waals surface area contributed by atoms with Crippen molar-refractivity contribution in [3.8, 4) is 5.82 Å². The number of nitrogens with zero attached hydrogens (tertiary/aromatic N) is 3. The van der Waals surface area contributed by atoms with Gasteiger partial charge in [-0.25, -0.2) is 4.98 Å². The third kappa shape index (κ3) is 1.37. The maximum atomic E-state index is 11.3. The van der Waals surface area contributed by atoms with Gasteiger partial charge in [-0.2, -0.15) is 4.98 Å². The summed E-state index contributed by atoms with van der Waals surface area (Å²) < 4.78 is 1.86. The van der Waals surface area contributed by atoms with E-state index in [-0.39, 0.29) is 5.95 Å². The lowest BCUT2D eigenvalue weighted by Crippen LogP contribution is -2.19. The zero-order valence-corrected chi connectivity index (χ0v) is 9.05. The van der Waals surface area contributed by atoms with E-state index in [9.17, 15) is 4.79 Å². The standard InChI is InChI=1S/C11H11N5O/c12-9(17)7-3-4-16-8(7)2-1-6-5-14-11(13)15-10(6)16/h3-5H,1-2H2,(H2,12,17)(H2,13,14,15). The molecule has 0 aliphatic carbocycles. The normalized spacial score (nSPS) is 12.9. The Kier molecular flexibility index (Phi) is 1.91. The SMILES string of the molecule is NC(=O)c1ccn2c1CCc1cnc(N)nc1-2. The minimum Gasteiger partial charge on any atom is -0.368 e. The summed E-state index contributed by atoms with van der Waals surface area (Å²) in [5.41, 5.74) is 13.4. The fourth-order valence-corrected chi connectivity index (χ4v) is 2.19. The summed E-state index contributed by atoms with van der Waals surface area (Å²) >= 11 is 0. The first kappa shape index (κ1) is 9.83. The molecule has 0 radical (unpaired) electrons. The molecule has 0 atom stereocenters. The summed E-state index contributed by atoms with van der Waals surface area (Å²) in [5, 5.41) is 0. The van der Waals surface area contributed by atoms with Crippen LogP contribution in [0.4, 0.5) is 5.95 Å². The van der Waals surface area contributed by atoms with Gasteiger partial charge in [-0.1, -0.05) is 0 Å². The molecule has 3 rings (SSSR count). The van der Waals surface area contributed by atoms with Gasteiger partial charge in [0.25, 0.3) is 5.91 Å². The van der Waals surface area contributed by atoms with Gasteiger partial charge < -0.3 is 16.0 Å². The van der Waals surface area contributed by atoms with Gasteiger partial charge in [0.2, 0.25) is 5.95 Å². The number of hydrogen-bond acceptors (Lipinski definition) is 4. The summed E-state index contributed by atoms with van der Waals surface area (Å²) in [4.78, 5) is 19.4. The molecule has 0 saturated carbocycles. The average Bonchev–Trinajstić information content (AvgIpc) is 2.72. The highest BCUT2D eigenvalue weighted by Crippen LogP contribution is 2.25. The molecule has 0 fully saturated rings. The molecule has 3 heterocycles. The smallest absolute Gasteiger partial charge is 0.250 e. The second-order valence-electron chi connectivity index (χ2n) is 3.99. The number of hydrogen-bond donors (Lipinski definition) is 2. The Morgan fingerprint density at radius 3 is 3.00 bits per heavy atom. The van der Waals surface area contributed by atoms with Crippen molar-refractivity contribution in [3.05, 3.63) is 35.3 Å². The summed E-state index contributed by atoms with van der Waals surface area (Å²) in [7, 11) is 0. The van der Waals surface area contributed by atoms with Crippen LogP contribution in [0.5, 0.6) is 0 Å². The predicted molar refractivity (Wildman–Crippen MR) is 61.7 cm³/mol. The number of aryl methyl sites for hydroxylation is 1. The Balaban J connectivity index is 2.23. The van der Waals surface area contributed by atoms with Crippen LogP contribution in [-0.2, 0) is 12.8 Å². The summed E-state index contributed by atoms with van der Waals surface area (Å²) in [6.45, 7) is 0. The average molecular weight is 229 g/mol. The maximum Gasteiger partial charge on any atom is 0.250 e. The maximum absolute atomic E-state index is 11.3. The van der Waals surface area contributed by atoms with Gasteiger partial charge in [-0.15, -0.1) is 0 Å². The van der Waals surface area contributed by atoms with E-state index in [0.717, 1.165) is 29.9 Å². The fourth-order valence-electron chi connectivity index (χ4n) is 2.19. The summed E-state index contributed by atoms with van der Waals surface area (Å²) in [6.07, 6.45) is 5.07. The molecule has 6 heteroatoms. The van der Waals surface area contributed by atoms with Crippen LogP contribution in [0.1, 0.15) is 21.6 Å². The van der Waals surface area contributed by atoms with Gasteiger partial charge in [-0.05, 0) is 18.9 Å². The minimum atomic E-state index is -0.413. The van der Waals surface area contributed by atoms with Gasteiger partial charge in [0.15, 0.2) is 0 Å². The van der Waals surface area contributed by atoms with E-state index in [2.05, 4.69) is 9.97 Å². The molecule has 1 amide bonds. The van der Waals surface area contributed by atoms with Gasteiger partial charge in [-0.3, -0.25) is 4.79 Å². The Morgan fingerprint density at radius 2 is 2.24 bits per heavy atom. The third-order valence-electron chi connectivity index (χ3n) is 2.98. The van der Waals surface area contributed by atoms with Crippen molar-refractivity contribution in [1.29, 1.82) is 0 Å². The zero-order chi connectivity index (χ0) is 12.0. The van der Waals surface area contributed by atoms with E-state index in [1.807, 2.05) is 4.57 Å². The molecule has 6 nitrogen and oxygen atoms in total. The molecule has 2 aromatic rings. The van der Waals surface area contributed by atoms with Crippen molar-refractivity contribution in [1.82, 2.24) is 14.5 Å². The molecule has 1 aliphatic heterocycles. The van der Waals surface area contributed by atoms with Crippen molar-refractivity contribution in [3.63, 3.8) is 0 Å². The number of anilines is 1. The molecular formula is C11H11N5O. The Bertz CT molecular complexity index is 616. The van der Waals surface area contributed by atoms with Crippen molar-refractivity contribution in [2.24, 2.45) is 5.73 Å². The highest BCUT2D eigenvalue weighted by molar-refractivity contribution is 5.94. The number of carbonyl (C=O) groups is 1. The quantitative estimate of drug-likeness (QED) is 0.721. The Labute approximate surface area is 97.3 Å². The number of primary amides is 1. The third-order valence-corrected chi connectivity index (χ3v) is 2.98. The molecular weight excluding hydrogens is 218 g/mol. The molecule has 2 aromatic heterocycles. The van der Waals surface area contributed by atoms with Crippen LogP contribution in [0.15, 0.2) is 18.5 Å². The molecule has 86 valence electrons. The first-order valence-electron chi connectivity index (χ1n) is 5.28. The monoisotopic (exact) mass is 229 g/mol.